The Labute approximate surface area is 116 Å². The van der Waals surface area contributed by atoms with Gasteiger partial charge in [0, 0.05) is 22.7 Å². The fourth-order valence-corrected chi connectivity index (χ4v) is 3.03. The number of nitrogens with one attached hydrogen (secondary N) is 1. The van der Waals surface area contributed by atoms with Crippen molar-refractivity contribution in [2.45, 2.75) is 57.0 Å². The molecule has 1 nitrogen and oxygen atoms in total. The maximum absolute atomic E-state index is 3.52. The van der Waals surface area contributed by atoms with Gasteiger partial charge < -0.3 is 5.32 Å². The molecule has 2 heteroatoms. The van der Waals surface area contributed by atoms with Gasteiger partial charge in [0.15, 0.2) is 0 Å². The molecule has 0 atom stereocenters. The Morgan fingerprint density at radius 3 is 2.33 bits per heavy atom. The zero-order chi connectivity index (χ0) is 13.0. The molecule has 1 N–H and O–H groups in total. The van der Waals surface area contributed by atoms with Gasteiger partial charge in [-0.3, -0.25) is 0 Å². The maximum Gasteiger partial charge on any atom is 0.0210 e. The maximum atomic E-state index is 3.52. The Bertz CT molecular complexity index is 360. The summed E-state index contributed by atoms with van der Waals surface area (Å²) >= 11 is 2.02. The molecule has 1 aliphatic carbocycles. The van der Waals surface area contributed by atoms with E-state index in [4.69, 9.17) is 0 Å². The van der Waals surface area contributed by atoms with Crippen molar-refractivity contribution in [3.05, 3.63) is 29.8 Å². The van der Waals surface area contributed by atoms with E-state index in [0.717, 1.165) is 12.5 Å². The van der Waals surface area contributed by atoms with Crippen LogP contribution in [0.1, 0.15) is 45.6 Å². The standard InChI is InChI=1S/C16H25NS/c1-16(2,3)17-11-13-7-9-15(10-8-13)18-12-14-5-4-6-14/h7-10,14,17H,4-6,11-12H2,1-3H3. The van der Waals surface area contributed by atoms with E-state index < -0.39 is 0 Å². The van der Waals surface area contributed by atoms with Crippen LogP contribution in [0.2, 0.25) is 0 Å². The largest absolute Gasteiger partial charge is 0.308 e. The summed E-state index contributed by atoms with van der Waals surface area (Å²) in [7, 11) is 0. The van der Waals surface area contributed by atoms with E-state index in [1.54, 1.807) is 0 Å². The monoisotopic (exact) mass is 263 g/mol. The zero-order valence-corrected chi connectivity index (χ0v) is 12.6. The van der Waals surface area contributed by atoms with Crippen molar-refractivity contribution in [1.82, 2.24) is 5.32 Å². The van der Waals surface area contributed by atoms with Gasteiger partial charge in [-0.05, 0) is 57.2 Å². The van der Waals surface area contributed by atoms with Crippen molar-refractivity contribution >= 4 is 11.8 Å². The molecule has 0 unspecified atom stereocenters. The molecule has 0 aromatic heterocycles. The van der Waals surface area contributed by atoms with Crippen LogP contribution >= 0.6 is 11.8 Å². The van der Waals surface area contributed by atoms with E-state index in [0.29, 0.717) is 0 Å². The molecule has 18 heavy (non-hydrogen) atoms. The average Bonchev–Trinajstić information content (AvgIpc) is 2.25. The van der Waals surface area contributed by atoms with Crippen LogP contribution < -0.4 is 5.32 Å². The summed E-state index contributed by atoms with van der Waals surface area (Å²) in [5.74, 6) is 2.29. The topological polar surface area (TPSA) is 12.0 Å². The smallest absolute Gasteiger partial charge is 0.0210 e. The summed E-state index contributed by atoms with van der Waals surface area (Å²) in [6, 6.07) is 9.04. The van der Waals surface area contributed by atoms with E-state index in [2.05, 4.69) is 50.4 Å². The second-order valence-electron chi connectivity index (χ2n) is 6.36. The summed E-state index contributed by atoms with van der Waals surface area (Å²) in [4.78, 5) is 1.42. The Morgan fingerprint density at radius 2 is 1.83 bits per heavy atom. The Morgan fingerprint density at radius 1 is 1.17 bits per heavy atom. The minimum Gasteiger partial charge on any atom is -0.308 e. The lowest BCUT2D eigenvalue weighted by molar-refractivity contribution is 0.353. The lowest BCUT2D eigenvalue weighted by atomic mass is 9.87. The van der Waals surface area contributed by atoms with Crippen LogP contribution in [-0.2, 0) is 6.54 Å². The predicted molar refractivity (Wildman–Crippen MR) is 81.1 cm³/mol. The first-order valence-corrected chi connectivity index (χ1v) is 7.98. The molecule has 0 bridgehead atoms. The highest BCUT2D eigenvalue weighted by atomic mass is 32.2. The minimum atomic E-state index is 0.192. The number of hydrogen-bond donors (Lipinski definition) is 1. The van der Waals surface area contributed by atoms with Gasteiger partial charge in [-0.15, -0.1) is 11.8 Å². The van der Waals surface area contributed by atoms with Crippen LogP contribution in [0.15, 0.2) is 29.2 Å². The van der Waals surface area contributed by atoms with E-state index in [1.165, 1.54) is 35.5 Å². The highest BCUT2D eigenvalue weighted by Gasteiger charge is 2.17. The number of hydrogen-bond acceptors (Lipinski definition) is 2. The summed E-state index contributed by atoms with van der Waals surface area (Å²) in [5.41, 5.74) is 1.57. The Balaban J connectivity index is 1.77. The summed E-state index contributed by atoms with van der Waals surface area (Å²) < 4.78 is 0. The highest BCUT2D eigenvalue weighted by Crippen LogP contribution is 2.32. The average molecular weight is 263 g/mol. The number of benzene rings is 1. The summed E-state index contributed by atoms with van der Waals surface area (Å²) in [5, 5.41) is 3.52. The van der Waals surface area contributed by atoms with Crippen molar-refractivity contribution < 1.29 is 0 Å². The number of rotatable bonds is 5. The van der Waals surface area contributed by atoms with Gasteiger partial charge in [0.2, 0.25) is 0 Å². The minimum absolute atomic E-state index is 0.192. The molecule has 100 valence electrons. The first-order chi connectivity index (χ1) is 8.53. The molecule has 1 saturated carbocycles. The fraction of sp³-hybridized carbons (Fsp3) is 0.625. The first kappa shape index (κ1) is 14.0. The quantitative estimate of drug-likeness (QED) is 0.787. The molecule has 0 heterocycles. The van der Waals surface area contributed by atoms with Gasteiger partial charge in [0.1, 0.15) is 0 Å². The predicted octanol–water partition coefficient (Wildman–Crippen LogP) is 4.47. The Hall–Kier alpha value is -0.470. The molecule has 1 aromatic carbocycles. The lowest BCUT2D eigenvalue weighted by Crippen LogP contribution is -2.35. The van der Waals surface area contributed by atoms with E-state index in [1.807, 2.05) is 11.8 Å². The van der Waals surface area contributed by atoms with Gasteiger partial charge in [-0.1, -0.05) is 18.6 Å². The second kappa shape index (κ2) is 6.12. The van der Waals surface area contributed by atoms with Crippen molar-refractivity contribution in [1.29, 1.82) is 0 Å². The van der Waals surface area contributed by atoms with E-state index in [-0.39, 0.29) is 5.54 Å². The molecule has 1 fully saturated rings. The fourth-order valence-electron chi connectivity index (χ4n) is 1.94. The third kappa shape index (κ3) is 4.66. The van der Waals surface area contributed by atoms with E-state index >= 15 is 0 Å². The lowest BCUT2D eigenvalue weighted by Gasteiger charge is -2.24. The molecule has 0 aliphatic heterocycles. The molecular formula is C16H25NS. The zero-order valence-electron chi connectivity index (χ0n) is 11.8. The molecular weight excluding hydrogens is 238 g/mol. The number of thioether (sulfide) groups is 1. The van der Waals surface area contributed by atoms with Crippen LogP contribution in [0.3, 0.4) is 0 Å². The van der Waals surface area contributed by atoms with Crippen molar-refractivity contribution in [3.8, 4) is 0 Å². The van der Waals surface area contributed by atoms with Crippen LogP contribution in [0.25, 0.3) is 0 Å². The molecule has 0 spiro atoms. The molecule has 0 saturated heterocycles. The molecule has 1 aliphatic rings. The highest BCUT2D eigenvalue weighted by molar-refractivity contribution is 7.99. The SMILES string of the molecule is CC(C)(C)NCc1ccc(SCC2CCC2)cc1. The van der Waals surface area contributed by atoms with Crippen molar-refractivity contribution in [2.75, 3.05) is 5.75 Å². The van der Waals surface area contributed by atoms with Crippen molar-refractivity contribution in [2.24, 2.45) is 5.92 Å². The second-order valence-corrected chi connectivity index (χ2v) is 7.45. The third-order valence-electron chi connectivity index (χ3n) is 3.46. The van der Waals surface area contributed by atoms with Crippen LogP contribution in [0.5, 0.6) is 0 Å². The van der Waals surface area contributed by atoms with Crippen molar-refractivity contribution in [3.63, 3.8) is 0 Å². The molecule has 0 radical (unpaired) electrons. The van der Waals surface area contributed by atoms with Crippen LogP contribution in [-0.4, -0.2) is 11.3 Å². The van der Waals surface area contributed by atoms with Gasteiger partial charge in [-0.25, -0.2) is 0 Å². The van der Waals surface area contributed by atoms with Gasteiger partial charge in [-0.2, -0.15) is 0 Å². The summed E-state index contributed by atoms with van der Waals surface area (Å²) in [6.45, 7) is 7.57. The normalized spacial score (nSPS) is 16.6. The van der Waals surface area contributed by atoms with Gasteiger partial charge >= 0.3 is 0 Å². The Kier molecular flexibility index (Phi) is 4.74. The van der Waals surface area contributed by atoms with Crippen LogP contribution in [0.4, 0.5) is 0 Å². The summed E-state index contributed by atoms with van der Waals surface area (Å²) in [6.07, 6.45) is 4.34. The third-order valence-corrected chi connectivity index (χ3v) is 4.70. The molecule has 2 rings (SSSR count). The molecule has 0 amide bonds. The van der Waals surface area contributed by atoms with Gasteiger partial charge in [0.25, 0.3) is 0 Å². The van der Waals surface area contributed by atoms with Gasteiger partial charge in [0.05, 0.1) is 0 Å². The first-order valence-electron chi connectivity index (χ1n) is 7.00. The molecule has 1 aromatic rings. The van der Waals surface area contributed by atoms with Crippen LogP contribution in [0, 0.1) is 5.92 Å². The van der Waals surface area contributed by atoms with E-state index in [9.17, 15) is 0 Å².